The number of aldehydes is 1. The van der Waals surface area contributed by atoms with Crippen LogP contribution in [0.15, 0.2) is 24.3 Å². The molecule has 0 aliphatic carbocycles. The number of carbonyl (C=O) groups excluding carboxylic acids is 3. The predicted molar refractivity (Wildman–Crippen MR) is 107 cm³/mol. The summed E-state index contributed by atoms with van der Waals surface area (Å²) in [5.74, 6) is -9.28. The smallest absolute Gasteiger partial charge is 0.211 e. The lowest BCUT2D eigenvalue weighted by atomic mass is 9.83. The molecule has 2 aromatic carbocycles. The Balaban J connectivity index is 2.33. The van der Waals surface area contributed by atoms with Crippen LogP contribution in [0.5, 0.6) is 34.5 Å². The average Bonchev–Trinajstić information content (AvgIpc) is 2.81. The zero-order valence-electron chi connectivity index (χ0n) is 16.8. The molecule has 0 heterocycles. The molecule has 5 atom stereocenters. The van der Waals surface area contributed by atoms with Crippen LogP contribution in [0.1, 0.15) is 20.7 Å². The van der Waals surface area contributed by atoms with Gasteiger partial charge in [0.2, 0.25) is 11.4 Å². The van der Waals surface area contributed by atoms with E-state index >= 15 is 0 Å². The van der Waals surface area contributed by atoms with Crippen molar-refractivity contribution in [2.45, 2.75) is 30.0 Å². The van der Waals surface area contributed by atoms with Gasteiger partial charge in [0.15, 0.2) is 46.6 Å². The third-order valence-corrected chi connectivity index (χ3v) is 4.95. The molecule has 0 radical (unpaired) electrons. The first-order valence-electron chi connectivity index (χ1n) is 9.17. The molecule has 2 aromatic rings. The number of aromatic hydroxyl groups is 6. The molecule has 184 valence electrons. The monoisotopic (exact) mass is 484 g/mol. The molecule has 34 heavy (non-hydrogen) atoms. The Morgan fingerprint density at radius 3 is 1.47 bits per heavy atom. The molecule has 0 aromatic heterocycles. The van der Waals surface area contributed by atoms with Crippen molar-refractivity contribution < 1.29 is 70.6 Å². The standard InChI is InChI=1S/C20H20O14/c21-5-20(34,18(32)7-3-10(24)14(28)11(25)4-7)19(33)17(31)16(30)15(29)12(26)6-1-8(22)13(27)9(23)2-6/h1-5,15-17,19,22-25,27-31,33-34H/t15?,16-,17-,19+,20-/m1/s1. The summed E-state index contributed by atoms with van der Waals surface area (Å²) in [7, 11) is 0. The Hall–Kier alpha value is -3.95. The van der Waals surface area contributed by atoms with Crippen molar-refractivity contribution in [1.82, 2.24) is 0 Å². The summed E-state index contributed by atoms with van der Waals surface area (Å²) in [6.07, 6.45) is -11.5. The van der Waals surface area contributed by atoms with Crippen LogP contribution in [0.4, 0.5) is 0 Å². The van der Waals surface area contributed by atoms with Crippen LogP contribution in [-0.2, 0) is 4.79 Å². The number of aliphatic hydroxyl groups excluding tert-OH is 4. The van der Waals surface area contributed by atoms with Crippen molar-refractivity contribution in [3.63, 3.8) is 0 Å². The van der Waals surface area contributed by atoms with Crippen LogP contribution in [0, 0.1) is 0 Å². The fourth-order valence-electron chi connectivity index (χ4n) is 2.93. The first-order chi connectivity index (χ1) is 15.7. The molecule has 11 N–H and O–H groups in total. The van der Waals surface area contributed by atoms with E-state index in [0.29, 0.717) is 24.3 Å². The number of hydrogen-bond acceptors (Lipinski definition) is 14. The van der Waals surface area contributed by atoms with Gasteiger partial charge in [-0.1, -0.05) is 0 Å². The molecule has 2 rings (SSSR count). The van der Waals surface area contributed by atoms with E-state index < -0.39 is 93.5 Å². The molecule has 0 aliphatic heterocycles. The normalized spacial score (nSPS) is 16.6. The molecule has 0 aliphatic rings. The van der Waals surface area contributed by atoms with E-state index in [1.54, 1.807) is 0 Å². The minimum Gasteiger partial charge on any atom is -0.504 e. The van der Waals surface area contributed by atoms with Crippen LogP contribution < -0.4 is 0 Å². The summed E-state index contributed by atoms with van der Waals surface area (Å²) >= 11 is 0. The average molecular weight is 484 g/mol. The van der Waals surface area contributed by atoms with Gasteiger partial charge in [-0.15, -0.1) is 0 Å². The molecular formula is C20H20O14. The number of carbonyl (C=O) groups is 3. The van der Waals surface area contributed by atoms with E-state index in [2.05, 4.69) is 0 Å². The van der Waals surface area contributed by atoms with Gasteiger partial charge >= 0.3 is 0 Å². The summed E-state index contributed by atoms with van der Waals surface area (Å²) < 4.78 is 0. The van der Waals surface area contributed by atoms with Crippen molar-refractivity contribution in [3.8, 4) is 34.5 Å². The second-order valence-corrected chi connectivity index (χ2v) is 7.23. The Morgan fingerprint density at radius 2 is 1.09 bits per heavy atom. The molecule has 0 bridgehead atoms. The largest absolute Gasteiger partial charge is 0.504 e. The third-order valence-electron chi connectivity index (χ3n) is 4.95. The first kappa shape index (κ1) is 26.3. The minimum atomic E-state index is -3.55. The molecule has 14 heteroatoms. The van der Waals surface area contributed by atoms with Gasteiger partial charge in [-0.3, -0.25) is 14.4 Å². The van der Waals surface area contributed by atoms with Crippen molar-refractivity contribution >= 4 is 17.9 Å². The summed E-state index contributed by atoms with van der Waals surface area (Å²) in [5.41, 5.74) is -5.04. The van der Waals surface area contributed by atoms with Gasteiger partial charge in [0, 0.05) is 11.1 Å². The summed E-state index contributed by atoms with van der Waals surface area (Å²) in [6.45, 7) is 0. The number of ketones is 2. The predicted octanol–water partition coefficient (Wildman–Crippen LogP) is -2.64. The van der Waals surface area contributed by atoms with Gasteiger partial charge < -0.3 is 56.2 Å². The van der Waals surface area contributed by atoms with Crippen molar-refractivity contribution in [3.05, 3.63) is 35.4 Å². The van der Waals surface area contributed by atoms with Crippen LogP contribution in [0.3, 0.4) is 0 Å². The number of phenolic OH excluding ortho intramolecular Hbond substituents is 6. The highest BCUT2D eigenvalue weighted by Gasteiger charge is 2.50. The van der Waals surface area contributed by atoms with Gasteiger partial charge in [-0.2, -0.15) is 0 Å². The Morgan fingerprint density at radius 1 is 0.706 bits per heavy atom. The molecule has 1 unspecified atom stereocenters. The van der Waals surface area contributed by atoms with Crippen molar-refractivity contribution in [2.75, 3.05) is 0 Å². The number of aliphatic hydroxyl groups is 5. The Bertz CT molecular complexity index is 1080. The van der Waals surface area contributed by atoms with Gasteiger partial charge in [0.05, 0.1) is 0 Å². The van der Waals surface area contributed by atoms with E-state index in [-0.39, 0.29) is 0 Å². The van der Waals surface area contributed by atoms with Gasteiger partial charge in [-0.05, 0) is 24.3 Å². The van der Waals surface area contributed by atoms with Crippen LogP contribution in [-0.4, -0.2) is 104 Å². The molecule has 0 fully saturated rings. The highest BCUT2D eigenvalue weighted by Crippen LogP contribution is 2.37. The van der Waals surface area contributed by atoms with E-state index in [9.17, 15) is 70.6 Å². The van der Waals surface area contributed by atoms with Gasteiger partial charge in [-0.25, -0.2) is 0 Å². The van der Waals surface area contributed by atoms with Crippen LogP contribution >= 0.6 is 0 Å². The lowest BCUT2D eigenvalue weighted by Crippen LogP contribution is -2.60. The number of benzene rings is 2. The molecular weight excluding hydrogens is 464 g/mol. The van der Waals surface area contributed by atoms with E-state index in [4.69, 9.17) is 0 Å². The topological polar surface area (TPSA) is 274 Å². The maximum Gasteiger partial charge on any atom is 0.211 e. The molecule has 0 spiro atoms. The fourth-order valence-corrected chi connectivity index (χ4v) is 2.93. The summed E-state index contributed by atoms with van der Waals surface area (Å²) in [5, 5.41) is 107. The fraction of sp³-hybridized carbons (Fsp3) is 0.250. The number of hydrogen-bond donors (Lipinski definition) is 11. The lowest BCUT2D eigenvalue weighted by Gasteiger charge is -2.33. The molecule has 0 amide bonds. The molecule has 0 saturated heterocycles. The quantitative estimate of drug-likeness (QED) is 0.0751. The number of phenols is 6. The van der Waals surface area contributed by atoms with Crippen LogP contribution in [0.25, 0.3) is 0 Å². The number of Topliss-reactive ketones (excluding diaryl/α,β-unsaturated/α-hetero) is 2. The second-order valence-electron chi connectivity index (χ2n) is 7.23. The van der Waals surface area contributed by atoms with Gasteiger partial charge in [0.25, 0.3) is 0 Å². The zero-order valence-corrected chi connectivity index (χ0v) is 16.8. The molecule has 0 saturated carbocycles. The maximum atomic E-state index is 12.6. The summed E-state index contributed by atoms with van der Waals surface area (Å²) in [4.78, 5) is 36.4. The van der Waals surface area contributed by atoms with E-state index in [1.165, 1.54) is 0 Å². The maximum absolute atomic E-state index is 12.6. The lowest BCUT2D eigenvalue weighted by molar-refractivity contribution is -0.156. The Labute approximate surface area is 189 Å². The SMILES string of the molecule is O=C[C@@](O)(C(=O)c1cc(O)c(O)c(O)c1)[C@@H](O)[C@H](O)[C@H](O)C(O)C(=O)c1cc(O)c(O)c(O)c1. The number of rotatable bonds is 9. The highest BCUT2D eigenvalue weighted by molar-refractivity contribution is 6.12. The first-order valence-corrected chi connectivity index (χ1v) is 9.17. The minimum absolute atomic E-state index is 0.504. The second kappa shape index (κ2) is 9.50. The van der Waals surface area contributed by atoms with E-state index in [1.807, 2.05) is 0 Å². The molecule has 14 nitrogen and oxygen atoms in total. The van der Waals surface area contributed by atoms with Crippen molar-refractivity contribution in [2.24, 2.45) is 0 Å². The zero-order chi connectivity index (χ0) is 26.1. The van der Waals surface area contributed by atoms with Crippen molar-refractivity contribution in [1.29, 1.82) is 0 Å². The van der Waals surface area contributed by atoms with E-state index in [0.717, 1.165) is 0 Å². The highest BCUT2D eigenvalue weighted by atomic mass is 16.4. The van der Waals surface area contributed by atoms with Gasteiger partial charge in [0.1, 0.15) is 24.4 Å². The van der Waals surface area contributed by atoms with Crippen LogP contribution in [0.2, 0.25) is 0 Å². The third kappa shape index (κ3) is 4.57. The summed E-state index contributed by atoms with van der Waals surface area (Å²) in [6, 6.07) is 2.18. The Kier molecular flexibility index (Phi) is 7.35.